The summed E-state index contributed by atoms with van der Waals surface area (Å²) in [6.07, 6.45) is 3.95. The predicted octanol–water partition coefficient (Wildman–Crippen LogP) is 0.848. The summed E-state index contributed by atoms with van der Waals surface area (Å²) < 4.78 is 5.40. The number of nitrogens with one attached hydrogen (secondary N) is 1. The van der Waals surface area contributed by atoms with Crippen molar-refractivity contribution in [2.24, 2.45) is 0 Å². The topological polar surface area (TPSA) is 24.5 Å². The molecule has 2 unspecified atom stereocenters. The van der Waals surface area contributed by atoms with Gasteiger partial charge in [-0.1, -0.05) is 0 Å². The third kappa shape index (κ3) is 2.69. The first-order valence-electron chi connectivity index (χ1n) is 5.80. The molecule has 0 radical (unpaired) electrons. The molecule has 0 aromatic carbocycles. The molecule has 1 aliphatic carbocycles. The number of ether oxygens (including phenoxy) is 1. The highest BCUT2D eigenvalue weighted by Crippen LogP contribution is 2.19. The molecule has 3 heteroatoms. The maximum atomic E-state index is 5.40. The fourth-order valence-corrected chi connectivity index (χ4v) is 1.97. The van der Waals surface area contributed by atoms with Gasteiger partial charge >= 0.3 is 0 Å². The highest BCUT2D eigenvalue weighted by atomic mass is 16.5. The van der Waals surface area contributed by atoms with Crippen LogP contribution in [0.4, 0.5) is 0 Å². The van der Waals surface area contributed by atoms with Crippen molar-refractivity contribution in [3.05, 3.63) is 0 Å². The molecule has 0 aromatic rings. The molecule has 1 saturated carbocycles. The summed E-state index contributed by atoms with van der Waals surface area (Å²) in [5.74, 6) is 0. The number of nitrogens with zero attached hydrogens (tertiary/aromatic N) is 1. The van der Waals surface area contributed by atoms with E-state index in [9.17, 15) is 0 Å². The molecule has 2 atom stereocenters. The maximum Gasteiger partial charge on any atom is 0.0622 e. The summed E-state index contributed by atoms with van der Waals surface area (Å²) >= 11 is 0. The van der Waals surface area contributed by atoms with E-state index in [2.05, 4.69) is 24.2 Å². The van der Waals surface area contributed by atoms with Gasteiger partial charge in [-0.15, -0.1) is 0 Å². The van der Waals surface area contributed by atoms with E-state index in [0.29, 0.717) is 12.1 Å². The summed E-state index contributed by atoms with van der Waals surface area (Å²) in [6.45, 7) is 5.29. The molecule has 1 aliphatic heterocycles. The van der Waals surface area contributed by atoms with E-state index in [1.807, 2.05) is 0 Å². The summed E-state index contributed by atoms with van der Waals surface area (Å²) in [7, 11) is 2.22. The van der Waals surface area contributed by atoms with Crippen molar-refractivity contribution in [2.45, 2.75) is 44.3 Å². The zero-order valence-corrected chi connectivity index (χ0v) is 9.33. The minimum absolute atomic E-state index is 0.627. The van der Waals surface area contributed by atoms with Crippen molar-refractivity contribution in [1.29, 1.82) is 0 Å². The van der Waals surface area contributed by atoms with Gasteiger partial charge in [0.25, 0.3) is 0 Å². The first-order chi connectivity index (χ1) is 6.77. The Bertz CT molecular complexity index is 176. The lowest BCUT2D eigenvalue weighted by molar-refractivity contribution is 0.136. The third-order valence-corrected chi connectivity index (χ3v) is 3.46. The van der Waals surface area contributed by atoms with Gasteiger partial charge in [-0.25, -0.2) is 0 Å². The second-order valence-corrected chi connectivity index (χ2v) is 4.71. The number of rotatable bonds is 5. The molecule has 2 rings (SSSR count). The zero-order valence-electron chi connectivity index (χ0n) is 9.33. The van der Waals surface area contributed by atoms with E-state index in [4.69, 9.17) is 4.74 Å². The maximum absolute atomic E-state index is 5.40. The van der Waals surface area contributed by atoms with Crippen molar-refractivity contribution in [3.63, 3.8) is 0 Å². The fraction of sp³-hybridized carbons (Fsp3) is 1.00. The van der Waals surface area contributed by atoms with Crippen LogP contribution in [-0.4, -0.2) is 49.8 Å². The van der Waals surface area contributed by atoms with Crippen molar-refractivity contribution >= 4 is 0 Å². The van der Waals surface area contributed by atoms with Gasteiger partial charge in [0.05, 0.1) is 6.61 Å². The largest absolute Gasteiger partial charge is 0.380 e. The van der Waals surface area contributed by atoms with Crippen LogP contribution in [0.2, 0.25) is 0 Å². The Hall–Kier alpha value is -0.120. The lowest BCUT2D eigenvalue weighted by Gasteiger charge is -2.29. The van der Waals surface area contributed by atoms with Crippen LogP contribution in [0.3, 0.4) is 0 Å². The minimum Gasteiger partial charge on any atom is -0.380 e. The van der Waals surface area contributed by atoms with Crippen LogP contribution in [0.15, 0.2) is 0 Å². The Morgan fingerprint density at radius 2 is 2.21 bits per heavy atom. The third-order valence-electron chi connectivity index (χ3n) is 3.46. The molecule has 1 N–H and O–H groups in total. The van der Waals surface area contributed by atoms with E-state index in [1.165, 1.54) is 19.3 Å². The minimum atomic E-state index is 0.627. The average molecular weight is 198 g/mol. The Labute approximate surface area is 86.8 Å². The second kappa shape index (κ2) is 4.60. The molecule has 1 heterocycles. The van der Waals surface area contributed by atoms with E-state index in [0.717, 1.165) is 25.8 Å². The molecule has 0 spiro atoms. The molecular formula is C11H22N2O. The zero-order chi connectivity index (χ0) is 9.97. The first-order valence-corrected chi connectivity index (χ1v) is 5.80. The monoisotopic (exact) mass is 198 g/mol. The molecule has 3 nitrogen and oxygen atoms in total. The van der Waals surface area contributed by atoms with Crippen molar-refractivity contribution in [2.75, 3.05) is 26.8 Å². The molecule has 82 valence electrons. The number of hydrogen-bond donors (Lipinski definition) is 1. The molecular weight excluding hydrogens is 176 g/mol. The summed E-state index contributed by atoms with van der Waals surface area (Å²) in [6, 6.07) is 2.10. The Balaban J connectivity index is 1.68. The van der Waals surface area contributed by atoms with Crippen molar-refractivity contribution in [3.8, 4) is 0 Å². The number of likely N-dealkylation sites (N-methyl/N-ethyl adjacent to an activating group) is 1. The van der Waals surface area contributed by atoms with Crippen LogP contribution in [0.25, 0.3) is 0 Å². The van der Waals surface area contributed by atoms with Crippen LogP contribution >= 0.6 is 0 Å². The van der Waals surface area contributed by atoms with Gasteiger partial charge in [-0.2, -0.15) is 0 Å². The quantitative estimate of drug-likeness (QED) is 0.709. The first kappa shape index (κ1) is 10.4. The smallest absolute Gasteiger partial charge is 0.0622 e. The van der Waals surface area contributed by atoms with Crippen LogP contribution in [0.5, 0.6) is 0 Å². The van der Waals surface area contributed by atoms with Gasteiger partial charge in [-0.3, -0.25) is 4.90 Å². The highest BCUT2D eigenvalue weighted by Gasteiger charge is 2.26. The van der Waals surface area contributed by atoms with Gasteiger partial charge in [0, 0.05) is 31.3 Å². The normalized spacial score (nSPS) is 29.8. The molecule has 2 fully saturated rings. The molecule has 0 aromatic heterocycles. The summed E-state index contributed by atoms with van der Waals surface area (Å²) in [5, 5.41) is 3.58. The van der Waals surface area contributed by atoms with E-state index in [-0.39, 0.29) is 0 Å². The number of hydrogen-bond acceptors (Lipinski definition) is 3. The molecule has 2 aliphatic rings. The van der Waals surface area contributed by atoms with Gasteiger partial charge in [-0.05, 0) is 33.2 Å². The summed E-state index contributed by atoms with van der Waals surface area (Å²) in [5.41, 5.74) is 0. The van der Waals surface area contributed by atoms with Gasteiger partial charge in [0.2, 0.25) is 0 Å². The SMILES string of the molecule is CC(CNC1CC1)N(C)C1CCOC1. The Morgan fingerprint density at radius 1 is 1.43 bits per heavy atom. The lowest BCUT2D eigenvalue weighted by Crippen LogP contribution is -2.44. The van der Waals surface area contributed by atoms with Crippen LogP contribution < -0.4 is 5.32 Å². The standard InChI is InChI=1S/C11H22N2O/c1-9(7-12-10-3-4-10)13(2)11-5-6-14-8-11/h9-12H,3-8H2,1-2H3. The fourth-order valence-electron chi connectivity index (χ4n) is 1.97. The van der Waals surface area contributed by atoms with Gasteiger partial charge in [0.15, 0.2) is 0 Å². The van der Waals surface area contributed by atoms with Crippen LogP contribution in [0.1, 0.15) is 26.2 Å². The molecule has 0 bridgehead atoms. The van der Waals surface area contributed by atoms with Crippen molar-refractivity contribution in [1.82, 2.24) is 10.2 Å². The van der Waals surface area contributed by atoms with Gasteiger partial charge in [0.1, 0.15) is 0 Å². The summed E-state index contributed by atoms with van der Waals surface area (Å²) in [4.78, 5) is 2.46. The Morgan fingerprint density at radius 3 is 2.79 bits per heavy atom. The predicted molar refractivity (Wildman–Crippen MR) is 57.5 cm³/mol. The highest BCUT2D eigenvalue weighted by molar-refractivity contribution is 4.84. The molecule has 0 amide bonds. The van der Waals surface area contributed by atoms with Crippen LogP contribution in [0, 0.1) is 0 Å². The average Bonchev–Trinajstić information content (AvgIpc) is 2.86. The van der Waals surface area contributed by atoms with E-state index in [1.54, 1.807) is 0 Å². The lowest BCUT2D eigenvalue weighted by atomic mass is 10.2. The van der Waals surface area contributed by atoms with Crippen molar-refractivity contribution < 1.29 is 4.74 Å². The molecule has 1 saturated heterocycles. The molecule has 14 heavy (non-hydrogen) atoms. The van der Waals surface area contributed by atoms with E-state index >= 15 is 0 Å². The second-order valence-electron chi connectivity index (χ2n) is 4.71. The Kier molecular flexibility index (Phi) is 3.42. The van der Waals surface area contributed by atoms with Gasteiger partial charge < -0.3 is 10.1 Å². The van der Waals surface area contributed by atoms with Crippen LogP contribution in [-0.2, 0) is 4.74 Å². The van der Waals surface area contributed by atoms with E-state index < -0.39 is 0 Å².